The van der Waals surface area contributed by atoms with Gasteiger partial charge in [-0.05, 0) is 41.9 Å². The summed E-state index contributed by atoms with van der Waals surface area (Å²) in [7, 11) is 0. The first kappa shape index (κ1) is 12.6. The van der Waals surface area contributed by atoms with Crippen LogP contribution in [0.5, 0.6) is 0 Å². The average Bonchev–Trinajstić information content (AvgIpc) is 3.22. The van der Waals surface area contributed by atoms with E-state index in [1.807, 2.05) is 17.3 Å². The van der Waals surface area contributed by atoms with E-state index in [9.17, 15) is 4.79 Å². The molecule has 1 amide bonds. The van der Waals surface area contributed by atoms with Gasteiger partial charge in [0.1, 0.15) is 0 Å². The third-order valence-electron chi connectivity index (χ3n) is 3.98. The molecule has 0 saturated heterocycles. The number of hydrogen-bond donors (Lipinski definition) is 0. The van der Waals surface area contributed by atoms with Gasteiger partial charge in [-0.3, -0.25) is 9.78 Å². The molecule has 2 heterocycles. The van der Waals surface area contributed by atoms with Crippen molar-refractivity contribution in [2.45, 2.75) is 39.3 Å². The third-order valence-corrected chi connectivity index (χ3v) is 3.98. The monoisotopic (exact) mass is 260 g/mol. The highest BCUT2D eigenvalue weighted by atomic mass is 16.5. The van der Waals surface area contributed by atoms with Gasteiger partial charge in [0, 0.05) is 39.0 Å². The van der Waals surface area contributed by atoms with Crippen LogP contribution in [0.4, 0.5) is 0 Å². The van der Waals surface area contributed by atoms with Gasteiger partial charge in [0.2, 0.25) is 5.91 Å². The molecule has 2 aliphatic rings. The van der Waals surface area contributed by atoms with E-state index in [-0.39, 0.29) is 5.91 Å². The van der Waals surface area contributed by atoms with Crippen LogP contribution >= 0.6 is 0 Å². The Morgan fingerprint density at radius 2 is 2.32 bits per heavy atom. The Bertz CT molecular complexity index is 483. The summed E-state index contributed by atoms with van der Waals surface area (Å²) in [4.78, 5) is 17.6. The molecule has 1 fully saturated rings. The van der Waals surface area contributed by atoms with Crippen LogP contribution in [0.15, 0.2) is 12.4 Å². The SMILES string of the molecule is CC(=O)N1CCc2c(COCC3CC3)cncc2C1. The zero-order valence-corrected chi connectivity index (χ0v) is 11.4. The van der Waals surface area contributed by atoms with E-state index in [0.717, 1.165) is 25.5 Å². The van der Waals surface area contributed by atoms with Crippen molar-refractivity contribution in [2.75, 3.05) is 13.2 Å². The van der Waals surface area contributed by atoms with Crippen LogP contribution in [0.2, 0.25) is 0 Å². The van der Waals surface area contributed by atoms with E-state index in [1.54, 1.807) is 6.92 Å². The molecule has 1 aliphatic carbocycles. The van der Waals surface area contributed by atoms with Gasteiger partial charge < -0.3 is 9.64 Å². The normalized spacial score (nSPS) is 18.3. The Balaban J connectivity index is 1.68. The summed E-state index contributed by atoms with van der Waals surface area (Å²) >= 11 is 0. The Kier molecular flexibility index (Phi) is 3.51. The second-order valence-corrected chi connectivity index (χ2v) is 5.59. The maximum atomic E-state index is 11.4. The molecule has 0 bridgehead atoms. The molecule has 19 heavy (non-hydrogen) atoms. The van der Waals surface area contributed by atoms with Gasteiger partial charge >= 0.3 is 0 Å². The second kappa shape index (κ2) is 5.29. The van der Waals surface area contributed by atoms with Gasteiger partial charge in [0.15, 0.2) is 0 Å². The van der Waals surface area contributed by atoms with Gasteiger partial charge in [0.25, 0.3) is 0 Å². The number of rotatable bonds is 4. The van der Waals surface area contributed by atoms with Crippen molar-refractivity contribution in [2.24, 2.45) is 5.92 Å². The molecule has 1 aromatic heterocycles. The molecular weight excluding hydrogens is 240 g/mol. The minimum Gasteiger partial charge on any atom is -0.376 e. The molecule has 0 aromatic carbocycles. The fourth-order valence-electron chi connectivity index (χ4n) is 2.58. The van der Waals surface area contributed by atoms with Crippen molar-refractivity contribution >= 4 is 5.91 Å². The highest BCUT2D eigenvalue weighted by Gasteiger charge is 2.23. The van der Waals surface area contributed by atoms with Gasteiger partial charge in [0.05, 0.1) is 6.61 Å². The number of carbonyl (C=O) groups excluding carboxylic acids is 1. The van der Waals surface area contributed by atoms with Crippen molar-refractivity contribution in [3.05, 3.63) is 29.1 Å². The molecule has 0 atom stereocenters. The fraction of sp³-hybridized carbons (Fsp3) is 0.600. The summed E-state index contributed by atoms with van der Waals surface area (Å²) in [6.07, 6.45) is 7.35. The lowest BCUT2D eigenvalue weighted by molar-refractivity contribution is -0.129. The van der Waals surface area contributed by atoms with Crippen LogP contribution in [0, 0.1) is 5.92 Å². The van der Waals surface area contributed by atoms with Crippen LogP contribution in [0.25, 0.3) is 0 Å². The number of carbonyl (C=O) groups is 1. The average molecular weight is 260 g/mol. The van der Waals surface area contributed by atoms with Gasteiger partial charge in [-0.2, -0.15) is 0 Å². The molecule has 3 rings (SSSR count). The first-order valence-corrected chi connectivity index (χ1v) is 7.02. The van der Waals surface area contributed by atoms with Crippen LogP contribution in [-0.2, 0) is 29.1 Å². The van der Waals surface area contributed by atoms with E-state index in [1.165, 1.54) is 29.5 Å². The summed E-state index contributed by atoms with van der Waals surface area (Å²) in [5.41, 5.74) is 3.71. The number of fused-ring (bicyclic) bond motifs is 1. The zero-order chi connectivity index (χ0) is 13.2. The highest BCUT2D eigenvalue weighted by Crippen LogP contribution is 2.29. The first-order valence-electron chi connectivity index (χ1n) is 7.02. The van der Waals surface area contributed by atoms with Crippen molar-refractivity contribution in [1.29, 1.82) is 0 Å². The van der Waals surface area contributed by atoms with Crippen LogP contribution in [0.3, 0.4) is 0 Å². The second-order valence-electron chi connectivity index (χ2n) is 5.59. The molecule has 4 heteroatoms. The van der Waals surface area contributed by atoms with E-state index < -0.39 is 0 Å². The summed E-state index contributed by atoms with van der Waals surface area (Å²) in [5, 5.41) is 0. The van der Waals surface area contributed by atoms with E-state index >= 15 is 0 Å². The predicted octanol–water partition coefficient (Wildman–Crippen LogP) is 1.91. The third kappa shape index (κ3) is 2.95. The predicted molar refractivity (Wildman–Crippen MR) is 71.4 cm³/mol. The molecule has 1 saturated carbocycles. The standard InChI is InChI=1S/C15H20N2O2/c1-11(18)17-5-4-15-13(8-17)6-16-7-14(15)10-19-9-12-2-3-12/h6-7,12H,2-5,8-10H2,1H3. The quantitative estimate of drug-likeness (QED) is 0.830. The summed E-state index contributed by atoms with van der Waals surface area (Å²) in [5.74, 6) is 0.932. The fourth-order valence-corrected chi connectivity index (χ4v) is 2.58. The van der Waals surface area contributed by atoms with Crippen molar-refractivity contribution in [1.82, 2.24) is 9.88 Å². The molecule has 0 spiro atoms. The summed E-state index contributed by atoms with van der Waals surface area (Å²) in [6, 6.07) is 0. The zero-order valence-electron chi connectivity index (χ0n) is 11.4. The lowest BCUT2D eigenvalue weighted by atomic mass is 9.97. The highest BCUT2D eigenvalue weighted by molar-refractivity contribution is 5.73. The van der Waals surface area contributed by atoms with E-state index in [4.69, 9.17) is 4.74 Å². The largest absolute Gasteiger partial charge is 0.376 e. The Morgan fingerprint density at radius 3 is 3.05 bits per heavy atom. The minimum atomic E-state index is 0.140. The van der Waals surface area contributed by atoms with Crippen molar-refractivity contribution < 1.29 is 9.53 Å². The van der Waals surface area contributed by atoms with Gasteiger partial charge in [-0.1, -0.05) is 0 Å². The first-order chi connectivity index (χ1) is 9.24. The number of aromatic nitrogens is 1. The lowest BCUT2D eigenvalue weighted by Gasteiger charge is -2.28. The minimum absolute atomic E-state index is 0.140. The van der Waals surface area contributed by atoms with Crippen LogP contribution < -0.4 is 0 Å². The molecule has 0 radical (unpaired) electrons. The number of nitrogens with zero attached hydrogens (tertiary/aromatic N) is 2. The Morgan fingerprint density at radius 1 is 1.47 bits per heavy atom. The number of pyridine rings is 1. The van der Waals surface area contributed by atoms with Crippen molar-refractivity contribution in [3.63, 3.8) is 0 Å². The molecule has 4 nitrogen and oxygen atoms in total. The van der Waals surface area contributed by atoms with Gasteiger partial charge in [-0.25, -0.2) is 0 Å². The Labute approximate surface area is 113 Å². The van der Waals surface area contributed by atoms with Crippen LogP contribution in [0.1, 0.15) is 36.5 Å². The number of hydrogen-bond acceptors (Lipinski definition) is 3. The molecular formula is C15H20N2O2. The maximum absolute atomic E-state index is 11.4. The van der Waals surface area contributed by atoms with E-state index in [0.29, 0.717) is 13.2 Å². The summed E-state index contributed by atoms with van der Waals surface area (Å²) in [6.45, 7) is 4.66. The summed E-state index contributed by atoms with van der Waals surface area (Å²) < 4.78 is 5.76. The number of ether oxygens (including phenoxy) is 1. The number of amides is 1. The smallest absolute Gasteiger partial charge is 0.219 e. The molecule has 102 valence electrons. The molecule has 0 N–H and O–H groups in total. The van der Waals surface area contributed by atoms with Crippen LogP contribution in [-0.4, -0.2) is 28.9 Å². The maximum Gasteiger partial charge on any atom is 0.219 e. The lowest BCUT2D eigenvalue weighted by Crippen LogP contribution is -2.34. The topological polar surface area (TPSA) is 42.4 Å². The Hall–Kier alpha value is -1.42. The molecule has 1 aliphatic heterocycles. The van der Waals surface area contributed by atoms with Gasteiger partial charge in [-0.15, -0.1) is 0 Å². The molecule has 0 unspecified atom stereocenters. The van der Waals surface area contributed by atoms with E-state index in [2.05, 4.69) is 4.98 Å². The van der Waals surface area contributed by atoms with Crippen molar-refractivity contribution in [3.8, 4) is 0 Å². The molecule has 1 aromatic rings.